The lowest BCUT2D eigenvalue weighted by atomic mass is 10.2. The fraction of sp³-hybridized carbons (Fsp3) is 0.462. The van der Waals surface area contributed by atoms with Crippen molar-refractivity contribution in [3.05, 3.63) is 33.9 Å². The van der Waals surface area contributed by atoms with Crippen molar-refractivity contribution in [3.63, 3.8) is 0 Å². The van der Waals surface area contributed by atoms with E-state index in [0.29, 0.717) is 12.2 Å². The number of carboxylic acid groups (broad SMARTS) is 1. The van der Waals surface area contributed by atoms with Crippen molar-refractivity contribution in [1.82, 2.24) is 4.90 Å². The number of hydrogen-bond donors (Lipinski definition) is 1. The third kappa shape index (κ3) is 5.24. The minimum absolute atomic E-state index is 0.0486. The van der Waals surface area contributed by atoms with Crippen LogP contribution in [0.3, 0.4) is 0 Å². The molecule has 1 amide bonds. The number of ether oxygens (including phenoxy) is 1. The molecule has 0 aliphatic heterocycles. The summed E-state index contributed by atoms with van der Waals surface area (Å²) in [5.74, 6) is 0. The minimum atomic E-state index is -1.08. The fourth-order valence-corrected chi connectivity index (χ4v) is 2.79. The Bertz CT molecular complexity index is 523. The molecule has 1 atom stereocenters. The van der Waals surface area contributed by atoms with Gasteiger partial charge in [-0.2, -0.15) is 0 Å². The van der Waals surface area contributed by atoms with E-state index in [4.69, 9.17) is 9.84 Å². The number of nitro groups is 1. The van der Waals surface area contributed by atoms with Gasteiger partial charge in [0, 0.05) is 36.4 Å². The molecular weight excluding hydrogens is 296 g/mol. The number of thioether (sulfide) groups is 1. The topological polar surface area (TPSA) is 92.9 Å². The number of nitro benzene ring substituents is 1. The quantitative estimate of drug-likeness (QED) is 0.472. The molecule has 0 aliphatic carbocycles. The first-order valence-electron chi connectivity index (χ1n) is 6.22. The van der Waals surface area contributed by atoms with Crippen molar-refractivity contribution < 1.29 is 19.6 Å². The van der Waals surface area contributed by atoms with Crippen LogP contribution in [0.5, 0.6) is 0 Å². The van der Waals surface area contributed by atoms with E-state index >= 15 is 0 Å². The molecule has 116 valence electrons. The van der Waals surface area contributed by atoms with Gasteiger partial charge in [0.2, 0.25) is 0 Å². The van der Waals surface area contributed by atoms with Gasteiger partial charge in [-0.3, -0.25) is 10.1 Å². The maximum atomic E-state index is 10.9. The van der Waals surface area contributed by atoms with Gasteiger partial charge in [0.25, 0.3) is 5.69 Å². The summed E-state index contributed by atoms with van der Waals surface area (Å²) in [6.45, 7) is 2.61. The number of benzene rings is 1. The first-order chi connectivity index (χ1) is 9.85. The highest BCUT2D eigenvalue weighted by molar-refractivity contribution is 8.00. The molecule has 0 heterocycles. The predicted molar refractivity (Wildman–Crippen MR) is 79.8 cm³/mol. The maximum absolute atomic E-state index is 10.9. The van der Waals surface area contributed by atoms with Crippen molar-refractivity contribution in [3.8, 4) is 0 Å². The standard InChI is InChI=1S/C13H18N2O5S/c1-9(8-20-3)21-12-5-4-11(15(18)19)6-10(12)7-14(2)13(16)17/h4-6,9H,7-8H2,1-3H3,(H,16,17). The molecular formula is C13H18N2O5S. The second-order valence-electron chi connectivity index (χ2n) is 4.57. The van der Waals surface area contributed by atoms with Crippen molar-refractivity contribution in [1.29, 1.82) is 0 Å². The Morgan fingerprint density at radius 2 is 2.24 bits per heavy atom. The highest BCUT2D eigenvalue weighted by atomic mass is 32.2. The van der Waals surface area contributed by atoms with Crippen LogP contribution in [0.15, 0.2) is 23.1 Å². The summed E-state index contributed by atoms with van der Waals surface area (Å²) in [6, 6.07) is 4.49. The van der Waals surface area contributed by atoms with Gasteiger partial charge in [-0.25, -0.2) is 4.79 Å². The van der Waals surface area contributed by atoms with Gasteiger partial charge < -0.3 is 14.7 Å². The van der Waals surface area contributed by atoms with E-state index in [1.807, 2.05) is 6.92 Å². The number of rotatable bonds is 7. The average Bonchev–Trinajstić information content (AvgIpc) is 2.40. The molecule has 1 rings (SSSR count). The van der Waals surface area contributed by atoms with Gasteiger partial charge in [-0.05, 0) is 11.6 Å². The Morgan fingerprint density at radius 3 is 2.76 bits per heavy atom. The lowest BCUT2D eigenvalue weighted by Gasteiger charge is -2.17. The third-order valence-electron chi connectivity index (χ3n) is 2.72. The Balaban J connectivity index is 3.04. The second-order valence-corrected chi connectivity index (χ2v) is 6.05. The molecule has 0 saturated heterocycles. The molecule has 0 saturated carbocycles. The number of hydrogen-bond acceptors (Lipinski definition) is 5. The van der Waals surface area contributed by atoms with Crippen LogP contribution >= 0.6 is 11.8 Å². The molecule has 7 nitrogen and oxygen atoms in total. The van der Waals surface area contributed by atoms with Crippen LogP contribution in [0.1, 0.15) is 12.5 Å². The zero-order chi connectivity index (χ0) is 16.0. The first-order valence-corrected chi connectivity index (χ1v) is 7.10. The predicted octanol–water partition coefficient (Wildman–Crippen LogP) is 2.83. The molecule has 0 fully saturated rings. The summed E-state index contributed by atoms with van der Waals surface area (Å²) in [6.07, 6.45) is -1.08. The molecule has 0 radical (unpaired) electrons. The van der Waals surface area contributed by atoms with E-state index < -0.39 is 11.0 Å². The van der Waals surface area contributed by atoms with Crippen LogP contribution in [0, 0.1) is 10.1 Å². The fourth-order valence-electron chi connectivity index (χ4n) is 1.73. The molecule has 0 bridgehead atoms. The van der Waals surface area contributed by atoms with Gasteiger partial charge in [0.15, 0.2) is 0 Å². The average molecular weight is 314 g/mol. The van der Waals surface area contributed by atoms with E-state index in [2.05, 4.69) is 0 Å². The number of non-ortho nitro benzene ring substituents is 1. The monoisotopic (exact) mass is 314 g/mol. The molecule has 0 aromatic heterocycles. The van der Waals surface area contributed by atoms with E-state index in [0.717, 1.165) is 9.80 Å². The summed E-state index contributed by atoms with van der Waals surface area (Å²) in [4.78, 5) is 23.2. The first kappa shape index (κ1) is 17.3. The summed E-state index contributed by atoms with van der Waals surface area (Å²) in [7, 11) is 3.03. The van der Waals surface area contributed by atoms with Crippen molar-refractivity contribution in [2.45, 2.75) is 23.6 Å². The Labute approximate surface area is 127 Å². The van der Waals surface area contributed by atoms with Gasteiger partial charge in [0.05, 0.1) is 18.1 Å². The smallest absolute Gasteiger partial charge is 0.407 e. The molecule has 1 unspecified atom stereocenters. The van der Waals surface area contributed by atoms with Gasteiger partial charge in [0.1, 0.15) is 0 Å². The van der Waals surface area contributed by atoms with Gasteiger partial charge in [-0.15, -0.1) is 11.8 Å². The lowest BCUT2D eigenvalue weighted by molar-refractivity contribution is -0.385. The zero-order valence-corrected chi connectivity index (χ0v) is 12.9. The molecule has 21 heavy (non-hydrogen) atoms. The Kier molecular flexibility index (Phi) is 6.44. The van der Waals surface area contributed by atoms with Gasteiger partial charge in [-0.1, -0.05) is 6.92 Å². The summed E-state index contributed by atoms with van der Waals surface area (Å²) < 4.78 is 5.06. The second kappa shape index (κ2) is 7.84. The summed E-state index contributed by atoms with van der Waals surface area (Å²) in [5.41, 5.74) is 0.564. The Morgan fingerprint density at radius 1 is 1.57 bits per heavy atom. The molecule has 0 aliphatic rings. The van der Waals surface area contributed by atoms with Crippen LogP contribution < -0.4 is 0 Å². The zero-order valence-electron chi connectivity index (χ0n) is 12.1. The molecule has 1 aromatic carbocycles. The van der Waals surface area contributed by atoms with E-state index in [-0.39, 0.29) is 17.5 Å². The van der Waals surface area contributed by atoms with Crippen LogP contribution in [-0.2, 0) is 11.3 Å². The maximum Gasteiger partial charge on any atom is 0.407 e. The molecule has 8 heteroatoms. The minimum Gasteiger partial charge on any atom is -0.465 e. The SMILES string of the molecule is COCC(C)Sc1ccc([N+](=O)[O-])cc1CN(C)C(=O)O. The van der Waals surface area contributed by atoms with Crippen molar-refractivity contribution >= 4 is 23.5 Å². The summed E-state index contributed by atoms with van der Waals surface area (Å²) >= 11 is 1.50. The Hall–Kier alpha value is -1.80. The number of amides is 1. The van der Waals surface area contributed by atoms with Crippen LogP contribution in [-0.4, -0.2) is 47.0 Å². The lowest BCUT2D eigenvalue weighted by Crippen LogP contribution is -2.24. The van der Waals surface area contributed by atoms with E-state index in [1.54, 1.807) is 13.2 Å². The van der Waals surface area contributed by atoms with Gasteiger partial charge >= 0.3 is 6.09 Å². The number of methoxy groups -OCH3 is 1. The molecule has 1 aromatic rings. The third-order valence-corrected chi connectivity index (χ3v) is 3.91. The summed E-state index contributed by atoms with van der Waals surface area (Å²) in [5, 5.41) is 20.0. The van der Waals surface area contributed by atoms with Crippen molar-refractivity contribution in [2.24, 2.45) is 0 Å². The largest absolute Gasteiger partial charge is 0.465 e. The number of carbonyl (C=O) groups is 1. The van der Waals surface area contributed by atoms with E-state index in [9.17, 15) is 14.9 Å². The highest BCUT2D eigenvalue weighted by Gasteiger charge is 2.16. The molecule has 0 spiro atoms. The highest BCUT2D eigenvalue weighted by Crippen LogP contribution is 2.30. The molecule has 1 N–H and O–H groups in total. The normalized spacial score (nSPS) is 12.0. The van der Waals surface area contributed by atoms with Crippen molar-refractivity contribution in [2.75, 3.05) is 20.8 Å². The van der Waals surface area contributed by atoms with Crippen LogP contribution in [0.4, 0.5) is 10.5 Å². The van der Waals surface area contributed by atoms with E-state index in [1.165, 1.54) is 30.9 Å². The van der Waals surface area contributed by atoms with Crippen LogP contribution in [0.25, 0.3) is 0 Å². The number of nitrogens with zero attached hydrogens (tertiary/aromatic N) is 2. The van der Waals surface area contributed by atoms with Crippen LogP contribution in [0.2, 0.25) is 0 Å².